The molecule has 0 radical (unpaired) electrons. The monoisotopic (exact) mass is 272 g/mol. The van der Waals surface area contributed by atoms with Crippen molar-refractivity contribution in [3.8, 4) is 5.88 Å². The van der Waals surface area contributed by atoms with Crippen molar-refractivity contribution >= 4 is 11.7 Å². The van der Waals surface area contributed by atoms with Crippen LogP contribution in [0.3, 0.4) is 0 Å². The van der Waals surface area contributed by atoms with Crippen LogP contribution in [0.2, 0.25) is 0 Å². The predicted molar refractivity (Wildman–Crippen MR) is 76.3 cm³/mol. The van der Waals surface area contributed by atoms with Gasteiger partial charge in [-0.05, 0) is 30.7 Å². The highest BCUT2D eigenvalue weighted by molar-refractivity contribution is 5.94. The van der Waals surface area contributed by atoms with E-state index in [1.165, 1.54) is 0 Å². The quantitative estimate of drug-likeness (QED) is 0.875. The molecule has 104 valence electrons. The Kier molecular flexibility index (Phi) is 4.20. The van der Waals surface area contributed by atoms with E-state index in [0.29, 0.717) is 18.1 Å². The lowest BCUT2D eigenvalue weighted by molar-refractivity contribution is 0.0698. The fourth-order valence-corrected chi connectivity index (χ4v) is 1.86. The third-order valence-electron chi connectivity index (χ3n) is 2.90. The highest BCUT2D eigenvalue weighted by Gasteiger charge is 2.10. The molecule has 20 heavy (non-hydrogen) atoms. The number of carbonyl (C=O) groups is 1. The molecule has 0 fully saturated rings. The maximum Gasteiger partial charge on any atom is 0.337 e. The number of carboxylic acid groups (broad SMARTS) is 1. The molecule has 0 aliphatic heterocycles. The second-order valence-electron chi connectivity index (χ2n) is 4.41. The van der Waals surface area contributed by atoms with E-state index >= 15 is 0 Å². The molecule has 5 nitrogen and oxygen atoms in total. The Hall–Kier alpha value is -2.56. The lowest BCUT2D eigenvalue weighted by Gasteiger charge is -2.11. The number of hydrogen-bond donors (Lipinski definition) is 2. The fourth-order valence-electron chi connectivity index (χ4n) is 1.86. The van der Waals surface area contributed by atoms with Gasteiger partial charge in [0.25, 0.3) is 0 Å². The minimum absolute atomic E-state index is 0.269. The molecular weight excluding hydrogens is 256 g/mol. The van der Waals surface area contributed by atoms with Crippen LogP contribution in [0.5, 0.6) is 5.88 Å². The van der Waals surface area contributed by atoms with Gasteiger partial charge in [-0.1, -0.05) is 11.6 Å². The van der Waals surface area contributed by atoms with Crippen LogP contribution in [0, 0.1) is 6.92 Å². The number of nitrogens with zero attached hydrogens (tertiary/aromatic N) is 1. The number of carboxylic acids is 1. The van der Waals surface area contributed by atoms with Crippen molar-refractivity contribution in [1.82, 2.24) is 4.98 Å². The highest BCUT2D eigenvalue weighted by Crippen LogP contribution is 2.19. The van der Waals surface area contributed by atoms with Crippen LogP contribution in [0.1, 0.15) is 21.5 Å². The van der Waals surface area contributed by atoms with E-state index in [4.69, 9.17) is 4.74 Å². The van der Waals surface area contributed by atoms with Crippen LogP contribution in [0.15, 0.2) is 36.5 Å². The molecule has 0 saturated carbocycles. The van der Waals surface area contributed by atoms with Crippen LogP contribution in [-0.2, 0) is 6.54 Å². The molecule has 0 aliphatic rings. The van der Waals surface area contributed by atoms with E-state index < -0.39 is 5.97 Å². The van der Waals surface area contributed by atoms with Gasteiger partial charge in [-0.3, -0.25) is 0 Å². The topological polar surface area (TPSA) is 71.5 Å². The van der Waals surface area contributed by atoms with Crippen LogP contribution >= 0.6 is 0 Å². The molecule has 5 heteroatoms. The fraction of sp³-hybridized carbons (Fsp3) is 0.200. The maximum absolute atomic E-state index is 11.2. The largest absolute Gasteiger partial charge is 0.481 e. The average molecular weight is 272 g/mol. The van der Waals surface area contributed by atoms with Gasteiger partial charge in [0.15, 0.2) is 0 Å². The van der Waals surface area contributed by atoms with E-state index in [-0.39, 0.29) is 5.56 Å². The van der Waals surface area contributed by atoms with Crippen LogP contribution in [0.4, 0.5) is 5.69 Å². The summed E-state index contributed by atoms with van der Waals surface area (Å²) in [5.41, 5.74) is 2.75. The van der Waals surface area contributed by atoms with Crippen LogP contribution < -0.4 is 10.1 Å². The number of aromatic nitrogens is 1. The molecule has 1 aromatic carbocycles. The van der Waals surface area contributed by atoms with Gasteiger partial charge in [-0.2, -0.15) is 0 Å². The zero-order valence-corrected chi connectivity index (χ0v) is 11.4. The SMILES string of the molecule is COc1cc(CNc2ccc(C)cc2C(=O)O)ccn1. The van der Waals surface area contributed by atoms with E-state index in [1.807, 2.05) is 25.1 Å². The number of pyridine rings is 1. The number of methoxy groups -OCH3 is 1. The van der Waals surface area contributed by atoms with E-state index in [9.17, 15) is 9.90 Å². The minimum atomic E-state index is -0.941. The van der Waals surface area contributed by atoms with E-state index in [2.05, 4.69) is 10.3 Å². The molecule has 0 unspecified atom stereocenters. The van der Waals surface area contributed by atoms with Crippen molar-refractivity contribution in [2.45, 2.75) is 13.5 Å². The maximum atomic E-state index is 11.2. The molecule has 2 rings (SSSR count). The van der Waals surface area contributed by atoms with E-state index in [0.717, 1.165) is 11.1 Å². The summed E-state index contributed by atoms with van der Waals surface area (Å²) in [4.78, 5) is 15.2. The molecule has 2 aromatic rings. The van der Waals surface area contributed by atoms with Gasteiger partial charge in [0.1, 0.15) is 0 Å². The average Bonchev–Trinajstić information content (AvgIpc) is 2.46. The van der Waals surface area contributed by atoms with Gasteiger partial charge in [-0.25, -0.2) is 9.78 Å². The molecule has 0 amide bonds. The van der Waals surface area contributed by atoms with Crippen molar-refractivity contribution in [2.75, 3.05) is 12.4 Å². The molecule has 0 saturated heterocycles. The van der Waals surface area contributed by atoms with Gasteiger partial charge < -0.3 is 15.2 Å². The summed E-state index contributed by atoms with van der Waals surface area (Å²) in [5.74, 6) is -0.407. The third-order valence-corrected chi connectivity index (χ3v) is 2.90. The van der Waals surface area contributed by atoms with Gasteiger partial charge in [-0.15, -0.1) is 0 Å². The Balaban J connectivity index is 2.16. The number of anilines is 1. The zero-order valence-electron chi connectivity index (χ0n) is 11.4. The number of rotatable bonds is 5. The van der Waals surface area contributed by atoms with Crippen molar-refractivity contribution in [1.29, 1.82) is 0 Å². The number of hydrogen-bond acceptors (Lipinski definition) is 4. The standard InChI is InChI=1S/C15H16N2O3/c1-10-3-4-13(12(7-10)15(18)19)17-9-11-5-6-16-14(8-11)20-2/h3-8,17H,9H2,1-2H3,(H,18,19). The number of aromatic carboxylic acids is 1. The first-order chi connectivity index (χ1) is 9.60. The first-order valence-corrected chi connectivity index (χ1v) is 6.17. The molecule has 2 N–H and O–H groups in total. The summed E-state index contributed by atoms with van der Waals surface area (Å²) in [7, 11) is 1.56. The predicted octanol–water partition coefficient (Wildman–Crippen LogP) is 2.71. The van der Waals surface area contributed by atoms with Crippen molar-refractivity contribution in [3.05, 3.63) is 53.2 Å². The number of nitrogens with one attached hydrogen (secondary N) is 1. The first-order valence-electron chi connectivity index (χ1n) is 6.17. The normalized spacial score (nSPS) is 10.1. The Morgan fingerprint density at radius 2 is 2.15 bits per heavy atom. The van der Waals surface area contributed by atoms with Crippen molar-refractivity contribution in [2.24, 2.45) is 0 Å². The lowest BCUT2D eigenvalue weighted by atomic mass is 10.1. The number of benzene rings is 1. The molecule has 0 atom stereocenters. The molecular formula is C15H16N2O3. The second kappa shape index (κ2) is 6.06. The zero-order chi connectivity index (χ0) is 14.5. The van der Waals surface area contributed by atoms with Crippen LogP contribution in [0.25, 0.3) is 0 Å². The summed E-state index contributed by atoms with van der Waals surface area (Å²) < 4.78 is 5.05. The molecule has 0 spiro atoms. The van der Waals surface area contributed by atoms with Gasteiger partial charge in [0, 0.05) is 24.5 Å². The first kappa shape index (κ1) is 13.9. The van der Waals surface area contributed by atoms with Gasteiger partial charge >= 0.3 is 5.97 Å². The van der Waals surface area contributed by atoms with Gasteiger partial charge in [0.05, 0.1) is 12.7 Å². The summed E-state index contributed by atoms with van der Waals surface area (Å²) >= 11 is 0. The smallest absolute Gasteiger partial charge is 0.337 e. The number of ether oxygens (including phenoxy) is 1. The minimum Gasteiger partial charge on any atom is -0.481 e. The molecule has 0 bridgehead atoms. The Bertz CT molecular complexity index is 626. The summed E-state index contributed by atoms with van der Waals surface area (Å²) in [6, 6.07) is 8.96. The Morgan fingerprint density at radius 3 is 2.85 bits per heavy atom. The summed E-state index contributed by atoms with van der Waals surface area (Å²) in [6.07, 6.45) is 1.66. The molecule has 1 aromatic heterocycles. The summed E-state index contributed by atoms with van der Waals surface area (Å²) in [6.45, 7) is 2.37. The van der Waals surface area contributed by atoms with E-state index in [1.54, 1.807) is 25.4 Å². The Labute approximate surface area is 117 Å². The third kappa shape index (κ3) is 3.26. The van der Waals surface area contributed by atoms with Crippen molar-refractivity contribution < 1.29 is 14.6 Å². The number of aryl methyl sites for hydroxylation is 1. The molecule has 1 heterocycles. The van der Waals surface area contributed by atoms with Crippen molar-refractivity contribution in [3.63, 3.8) is 0 Å². The highest BCUT2D eigenvalue weighted by atomic mass is 16.5. The summed E-state index contributed by atoms with van der Waals surface area (Å²) in [5, 5.41) is 12.3. The molecule has 0 aliphatic carbocycles. The van der Waals surface area contributed by atoms with Crippen LogP contribution in [-0.4, -0.2) is 23.2 Å². The van der Waals surface area contributed by atoms with Gasteiger partial charge in [0.2, 0.25) is 5.88 Å². The Morgan fingerprint density at radius 1 is 1.35 bits per heavy atom. The second-order valence-corrected chi connectivity index (χ2v) is 4.41. The lowest BCUT2D eigenvalue weighted by Crippen LogP contribution is -2.07.